The van der Waals surface area contributed by atoms with Gasteiger partial charge in [-0.15, -0.1) is 0 Å². The first-order valence-corrected chi connectivity index (χ1v) is 11.0. The second-order valence-electron chi connectivity index (χ2n) is 7.42. The molecule has 2 unspecified atom stereocenters. The number of rotatable bonds is 4. The summed E-state index contributed by atoms with van der Waals surface area (Å²) in [5.41, 5.74) is 2.55. The average molecular weight is 376 g/mol. The Morgan fingerprint density at radius 2 is 2.15 bits per heavy atom. The average Bonchev–Trinajstić information content (AvgIpc) is 3.31. The number of nitrogens with one attached hydrogen (secondary N) is 1. The summed E-state index contributed by atoms with van der Waals surface area (Å²) in [6, 6.07) is 7.59. The molecule has 1 aromatic carbocycles. The first kappa shape index (κ1) is 17.5. The van der Waals surface area contributed by atoms with Gasteiger partial charge in [-0.2, -0.15) is 0 Å². The van der Waals surface area contributed by atoms with Gasteiger partial charge in [-0.05, 0) is 43.9 Å². The molecule has 4 rings (SSSR count). The van der Waals surface area contributed by atoms with E-state index in [-0.39, 0.29) is 29.6 Å². The van der Waals surface area contributed by atoms with E-state index in [1.807, 2.05) is 31.2 Å². The van der Waals surface area contributed by atoms with Crippen LogP contribution in [0.25, 0.3) is 10.9 Å². The van der Waals surface area contributed by atoms with Gasteiger partial charge in [-0.3, -0.25) is 4.79 Å². The molecule has 2 atom stereocenters. The third-order valence-electron chi connectivity index (χ3n) is 5.34. The lowest BCUT2D eigenvalue weighted by Gasteiger charge is -2.30. The largest absolute Gasteiger partial charge is 0.376 e. The van der Waals surface area contributed by atoms with Gasteiger partial charge in [-0.1, -0.05) is 12.1 Å². The molecule has 1 N–H and O–H groups in total. The number of benzene rings is 1. The number of aromatic amines is 1. The third kappa shape index (κ3) is 3.50. The van der Waals surface area contributed by atoms with E-state index in [1.165, 1.54) is 0 Å². The van der Waals surface area contributed by atoms with Crippen LogP contribution in [0.5, 0.6) is 0 Å². The molecular weight excluding hydrogens is 352 g/mol. The molecule has 6 nitrogen and oxygen atoms in total. The summed E-state index contributed by atoms with van der Waals surface area (Å²) in [6.45, 7) is 3.17. The number of aromatic nitrogens is 1. The zero-order valence-electron chi connectivity index (χ0n) is 14.9. The zero-order chi connectivity index (χ0) is 18.3. The fraction of sp³-hybridized carbons (Fsp3) is 0.526. The van der Waals surface area contributed by atoms with Gasteiger partial charge < -0.3 is 14.6 Å². The molecule has 2 fully saturated rings. The molecule has 26 heavy (non-hydrogen) atoms. The molecule has 7 heteroatoms. The Morgan fingerprint density at radius 3 is 2.85 bits per heavy atom. The molecule has 2 aliphatic rings. The van der Waals surface area contributed by atoms with Crippen LogP contribution >= 0.6 is 0 Å². The van der Waals surface area contributed by atoms with Crippen LogP contribution in [0.4, 0.5) is 0 Å². The summed E-state index contributed by atoms with van der Waals surface area (Å²) in [6.07, 6.45) is 2.39. The predicted molar refractivity (Wildman–Crippen MR) is 100 cm³/mol. The van der Waals surface area contributed by atoms with E-state index in [9.17, 15) is 13.2 Å². The van der Waals surface area contributed by atoms with Crippen molar-refractivity contribution in [3.8, 4) is 0 Å². The molecule has 3 heterocycles. The molecule has 0 bridgehead atoms. The number of fused-ring (bicyclic) bond motifs is 1. The summed E-state index contributed by atoms with van der Waals surface area (Å²) in [5.74, 6) is 0.0559. The van der Waals surface area contributed by atoms with E-state index in [1.54, 1.807) is 4.90 Å². The normalized spacial score (nSPS) is 25.0. The third-order valence-corrected chi connectivity index (χ3v) is 7.09. The van der Waals surface area contributed by atoms with Crippen molar-refractivity contribution in [3.63, 3.8) is 0 Å². The Balaban J connectivity index is 1.63. The summed E-state index contributed by atoms with van der Waals surface area (Å²) in [7, 11) is -3.06. The van der Waals surface area contributed by atoms with Crippen molar-refractivity contribution < 1.29 is 17.9 Å². The molecule has 0 spiro atoms. The lowest BCUT2D eigenvalue weighted by Crippen LogP contribution is -2.45. The van der Waals surface area contributed by atoms with Gasteiger partial charge in [-0.25, -0.2) is 8.42 Å². The van der Waals surface area contributed by atoms with Gasteiger partial charge >= 0.3 is 0 Å². The fourth-order valence-corrected chi connectivity index (χ4v) is 5.67. The molecule has 1 aromatic heterocycles. The second kappa shape index (κ2) is 6.70. The Hall–Kier alpha value is -1.86. The van der Waals surface area contributed by atoms with Crippen LogP contribution in [0.3, 0.4) is 0 Å². The van der Waals surface area contributed by atoms with E-state index in [0.717, 1.165) is 29.3 Å². The summed E-state index contributed by atoms with van der Waals surface area (Å²) in [4.78, 5) is 18.2. The number of carbonyl (C=O) groups is 1. The Bertz CT molecular complexity index is 928. The SMILES string of the molecule is Cc1ccc2cc(C(=O)N(CC3CCCO3)C3CCS(=O)(=O)C3)[nH]c2c1. The zero-order valence-corrected chi connectivity index (χ0v) is 15.7. The maximum Gasteiger partial charge on any atom is 0.270 e. The van der Waals surface area contributed by atoms with Gasteiger partial charge in [0.05, 0.1) is 17.6 Å². The van der Waals surface area contributed by atoms with Gasteiger partial charge in [0.15, 0.2) is 9.84 Å². The predicted octanol–water partition coefficient (Wildman–Crippen LogP) is 2.28. The van der Waals surface area contributed by atoms with Gasteiger partial charge in [0.25, 0.3) is 5.91 Å². The van der Waals surface area contributed by atoms with Crippen LogP contribution in [0.15, 0.2) is 24.3 Å². The van der Waals surface area contributed by atoms with Crippen molar-refractivity contribution in [2.24, 2.45) is 0 Å². The molecule has 0 saturated carbocycles. The highest BCUT2D eigenvalue weighted by Gasteiger charge is 2.37. The molecular formula is C19H24N2O4S. The van der Waals surface area contributed by atoms with Crippen molar-refractivity contribution in [1.29, 1.82) is 0 Å². The highest BCUT2D eigenvalue weighted by atomic mass is 32.2. The number of amides is 1. The molecule has 140 valence electrons. The first-order valence-electron chi connectivity index (χ1n) is 9.14. The van der Waals surface area contributed by atoms with Gasteiger partial charge in [0.1, 0.15) is 5.69 Å². The highest BCUT2D eigenvalue weighted by Crippen LogP contribution is 2.25. The van der Waals surface area contributed by atoms with Crippen LogP contribution < -0.4 is 0 Å². The van der Waals surface area contributed by atoms with Crippen molar-refractivity contribution >= 4 is 26.6 Å². The number of H-pyrrole nitrogens is 1. The van der Waals surface area contributed by atoms with Crippen LogP contribution in [0.2, 0.25) is 0 Å². The van der Waals surface area contributed by atoms with Crippen LogP contribution in [0, 0.1) is 6.92 Å². The quantitative estimate of drug-likeness (QED) is 0.888. The van der Waals surface area contributed by atoms with E-state index >= 15 is 0 Å². The van der Waals surface area contributed by atoms with Gasteiger partial charge in [0.2, 0.25) is 0 Å². The summed E-state index contributed by atoms with van der Waals surface area (Å²) in [5, 5.41) is 0.982. The van der Waals surface area contributed by atoms with Crippen LogP contribution in [-0.2, 0) is 14.6 Å². The van der Waals surface area contributed by atoms with Crippen molar-refractivity contribution in [3.05, 3.63) is 35.5 Å². The molecule has 0 aliphatic carbocycles. The summed E-state index contributed by atoms with van der Waals surface area (Å²) >= 11 is 0. The molecule has 0 radical (unpaired) electrons. The monoisotopic (exact) mass is 376 g/mol. The van der Waals surface area contributed by atoms with E-state index < -0.39 is 9.84 Å². The van der Waals surface area contributed by atoms with E-state index in [0.29, 0.717) is 25.3 Å². The van der Waals surface area contributed by atoms with Crippen molar-refractivity contribution in [2.45, 2.75) is 38.3 Å². The lowest BCUT2D eigenvalue weighted by molar-refractivity contribution is 0.0437. The molecule has 2 aliphatic heterocycles. The maximum atomic E-state index is 13.2. The van der Waals surface area contributed by atoms with Crippen LogP contribution in [-0.4, -0.2) is 61.0 Å². The fourth-order valence-electron chi connectivity index (χ4n) is 3.94. The van der Waals surface area contributed by atoms with Crippen molar-refractivity contribution in [1.82, 2.24) is 9.88 Å². The summed E-state index contributed by atoms with van der Waals surface area (Å²) < 4.78 is 29.6. The van der Waals surface area contributed by atoms with Crippen molar-refractivity contribution in [2.75, 3.05) is 24.7 Å². The maximum absolute atomic E-state index is 13.2. The minimum Gasteiger partial charge on any atom is -0.376 e. The molecule has 1 amide bonds. The first-order chi connectivity index (χ1) is 12.4. The minimum atomic E-state index is -3.06. The standard InChI is InChI=1S/C19H24N2O4S/c1-13-4-5-14-10-18(20-17(14)9-13)19(22)21(11-16-3-2-7-25-16)15-6-8-26(23,24)12-15/h4-5,9-10,15-16,20H,2-3,6-8,11-12H2,1H3. The van der Waals surface area contributed by atoms with E-state index in [4.69, 9.17) is 4.74 Å². The number of hydrogen-bond donors (Lipinski definition) is 1. The Labute approximate surface area is 153 Å². The number of hydrogen-bond acceptors (Lipinski definition) is 4. The van der Waals surface area contributed by atoms with Gasteiger partial charge in [0, 0.05) is 30.1 Å². The number of carbonyl (C=O) groups excluding carboxylic acids is 1. The Kier molecular flexibility index (Phi) is 4.52. The lowest BCUT2D eigenvalue weighted by atomic mass is 10.1. The number of sulfone groups is 1. The second-order valence-corrected chi connectivity index (χ2v) is 9.65. The highest BCUT2D eigenvalue weighted by molar-refractivity contribution is 7.91. The molecule has 2 aromatic rings. The smallest absolute Gasteiger partial charge is 0.270 e. The topological polar surface area (TPSA) is 79.5 Å². The molecule has 2 saturated heterocycles. The van der Waals surface area contributed by atoms with E-state index in [2.05, 4.69) is 4.98 Å². The Morgan fingerprint density at radius 1 is 1.31 bits per heavy atom. The number of aryl methyl sites for hydroxylation is 1. The number of ether oxygens (including phenoxy) is 1. The number of nitrogens with zero attached hydrogens (tertiary/aromatic N) is 1. The van der Waals surface area contributed by atoms with Crippen LogP contribution in [0.1, 0.15) is 35.3 Å². The minimum absolute atomic E-state index is 0.00567.